The molecular weight excluding hydrogens is 262 g/mol. The van der Waals surface area contributed by atoms with E-state index in [-0.39, 0.29) is 0 Å². The van der Waals surface area contributed by atoms with Gasteiger partial charge < -0.3 is 5.32 Å². The Morgan fingerprint density at radius 1 is 1.15 bits per heavy atom. The molecule has 0 aliphatic heterocycles. The van der Waals surface area contributed by atoms with E-state index in [1.54, 1.807) is 0 Å². The van der Waals surface area contributed by atoms with Crippen molar-refractivity contribution in [2.75, 3.05) is 12.8 Å². The Kier molecular flexibility index (Phi) is 5.98. The maximum atomic E-state index is 3.58. The highest BCUT2D eigenvalue weighted by atomic mass is 32.2. The third-order valence-corrected chi connectivity index (χ3v) is 5.96. The Hall–Kier alpha value is -0.470. The van der Waals surface area contributed by atoms with E-state index < -0.39 is 0 Å². The Morgan fingerprint density at radius 2 is 1.80 bits per heavy atom. The molecule has 1 saturated carbocycles. The van der Waals surface area contributed by atoms with Crippen molar-refractivity contribution in [3.05, 3.63) is 29.8 Å². The average molecular weight is 292 g/mol. The predicted octanol–water partition coefficient (Wildman–Crippen LogP) is 4.75. The second kappa shape index (κ2) is 7.51. The molecule has 0 spiro atoms. The van der Waals surface area contributed by atoms with Crippen molar-refractivity contribution in [2.45, 2.75) is 51.0 Å². The lowest BCUT2D eigenvalue weighted by Gasteiger charge is -2.36. The van der Waals surface area contributed by atoms with Crippen LogP contribution in [0, 0.1) is 24.7 Å². The summed E-state index contributed by atoms with van der Waals surface area (Å²) >= 11 is 2.01. The summed E-state index contributed by atoms with van der Waals surface area (Å²) in [4.78, 5) is 1.43. The summed E-state index contributed by atoms with van der Waals surface area (Å²) in [7, 11) is 2.13. The average Bonchev–Trinajstić information content (AvgIpc) is 2.40. The van der Waals surface area contributed by atoms with Crippen molar-refractivity contribution in [3.63, 3.8) is 0 Å². The minimum atomic E-state index is 0.643. The number of benzene rings is 1. The third-order valence-electron chi connectivity index (χ3n) is 4.67. The zero-order valence-electron chi connectivity index (χ0n) is 13.4. The van der Waals surface area contributed by atoms with Gasteiger partial charge in [0.05, 0.1) is 0 Å². The molecule has 0 saturated heterocycles. The molecular formula is C18H29NS. The predicted molar refractivity (Wildman–Crippen MR) is 90.4 cm³/mol. The van der Waals surface area contributed by atoms with Gasteiger partial charge in [-0.2, -0.15) is 0 Å². The molecule has 20 heavy (non-hydrogen) atoms. The Morgan fingerprint density at radius 3 is 2.40 bits per heavy atom. The highest BCUT2D eigenvalue weighted by Gasteiger charge is 2.29. The van der Waals surface area contributed by atoms with Gasteiger partial charge in [-0.3, -0.25) is 0 Å². The van der Waals surface area contributed by atoms with Gasteiger partial charge in [0.1, 0.15) is 0 Å². The first-order valence-electron chi connectivity index (χ1n) is 7.95. The molecule has 1 N–H and O–H groups in total. The zero-order valence-corrected chi connectivity index (χ0v) is 14.2. The van der Waals surface area contributed by atoms with E-state index in [1.807, 2.05) is 11.8 Å². The van der Waals surface area contributed by atoms with Gasteiger partial charge in [0, 0.05) is 16.7 Å². The third kappa shape index (κ3) is 4.26. The Labute approximate surface area is 128 Å². The van der Waals surface area contributed by atoms with Gasteiger partial charge in [0.15, 0.2) is 0 Å². The van der Waals surface area contributed by atoms with E-state index >= 15 is 0 Å². The Bertz CT molecular complexity index is 408. The molecule has 1 aromatic rings. The van der Waals surface area contributed by atoms with Crippen LogP contribution in [0.2, 0.25) is 0 Å². The fourth-order valence-electron chi connectivity index (χ4n) is 3.69. The molecule has 3 atom stereocenters. The highest BCUT2D eigenvalue weighted by Crippen LogP contribution is 2.36. The van der Waals surface area contributed by atoms with Gasteiger partial charge >= 0.3 is 0 Å². The summed E-state index contributed by atoms with van der Waals surface area (Å²) in [5.74, 6) is 3.81. The molecule has 0 heterocycles. The molecule has 0 amide bonds. The monoisotopic (exact) mass is 291 g/mol. The first kappa shape index (κ1) is 15.9. The summed E-state index contributed by atoms with van der Waals surface area (Å²) in [5, 5.41) is 3.58. The Balaban J connectivity index is 1.93. The van der Waals surface area contributed by atoms with E-state index in [0.29, 0.717) is 6.04 Å². The molecule has 1 aliphatic carbocycles. The van der Waals surface area contributed by atoms with Crippen LogP contribution in [-0.2, 0) is 0 Å². The standard InChI is InChI=1S/C18H29NS/c1-13-9-14(2)11-16(10-13)17(19-4)12-20-18-8-6-5-7-15(18)3/h5-8,13-14,16-17,19H,9-12H2,1-4H3. The maximum Gasteiger partial charge on any atom is 0.0187 e. The van der Waals surface area contributed by atoms with Crippen LogP contribution in [0.15, 0.2) is 29.2 Å². The van der Waals surface area contributed by atoms with Gasteiger partial charge in [0.2, 0.25) is 0 Å². The number of nitrogens with one attached hydrogen (secondary N) is 1. The van der Waals surface area contributed by atoms with Crippen molar-refractivity contribution in [1.82, 2.24) is 5.32 Å². The summed E-state index contributed by atoms with van der Waals surface area (Å²) in [5.41, 5.74) is 1.40. The quantitative estimate of drug-likeness (QED) is 0.786. The minimum absolute atomic E-state index is 0.643. The lowest BCUT2D eigenvalue weighted by atomic mass is 9.74. The van der Waals surface area contributed by atoms with Crippen molar-refractivity contribution >= 4 is 11.8 Å². The van der Waals surface area contributed by atoms with Crippen LogP contribution in [0.1, 0.15) is 38.7 Å². The van der Waals surface area contributed by atoms with Crippen molar-refractivity contribution in [2.24, 2.45) is 17.8 Å². The summed E-state index contributed by atoms with van der Waals surface area (Å²) in [6.45, 7) is 7.05. The summed E-state index contributed by atoms with van der Waals surface area (Å²) in [6, 6.07) is 9.37. The smallest absolute Gasteiger partial charge is 0.0187 e. The van der Waals surface area contributed by atoms with Gasteiger partial charge in [-0.25, -0.2) is 0 Å². The highest BCUT2D eigenvalue weighted by molar-refractivity contribution is 7.99. The maximum absolute atomic E-state index is 3.58. The van der Waals surface area contributed by atoms with Crippen molar-refractivity contribution in [3.8, 4) is 0 Å². The summed E-state index contributed by atoms with van der Waals surface area (Å²) < 4.78 is 0. The van der Waals surface area contributed by atoms with E-state index in [0.717, 1.165) is 17.8 Å². The molecule has 0 radical (unpaired) electrons. The molecule has 3 unspecified atom stereocenters. The SMILES string of the molecule is CNC(CSc1ccccc1C)C1CC(C)CC(C)C1. The zero-order chi connectivity index (χ0) is 14.5. The van der Waals surface area contributed by atoms with Gasteiger partial charge in [-0.15, -0.1) is 11.8 Å². The second-order valence-electron chi connectivity index (χ2n) is 6.65. The fourth-order valence-corrected chi connectivity index (χ4v) is 4.96. The lowest BCUT2D eigenvalue weighted by Crippen LogP contribution is -2.39. The van der Waals surface area contributed by atoms with E-state index in [1.165, 1.54) is 35.5 Å². The van der Waals surface area contributed by atoms with Crippen LogP contribution in [0.25, 0.3) is 0 Å². The van der Waals surface area contributed by atoms with Crippen LogP contribution >= 0.6 is 11.8 Å². The molecule has 1 aromatic carbocycles. The van der Waals surface area contributed by atoms with Gasteiger partial charge in [-0.1, -0.05) is 32.0 Å². The van der Waals surface area contributed by atoms with Crippen LogP contribution in [0.3, 0.4) is 0 Å². The molecule has 112 valence electrons. The molecule has 1 nitrogen and oxygen atoms in total. The van der Waals surface area contributed by atoms with Gasteiger partial charge in [0.25, 0.3) is 0 Å². The second-order valence-corrected chi connectivity index (χ2v) is 7.71. The molecule has 1 aliphatic rings. The molecule has 2 heteroatoms. The van der Waals surface area contributed by atoms with E-state index in [2.05, 4.69) is 57.4 Å². The normalized spacial score (nSPS) is 28.3. The van der Waals surface area contributed by atoms with Crippen LogP contribution < -0.4 is 5.32 Å². The molecule has 0 bridgehead atoms. The number of thioether (sulfide) groups is 1. The first-order chi connectivity index (χ1) is 9.60. The topological polar surface area (TPSA) is 12.0 Å². The largest absolute Gasteiger partial charge is 0.316 e. The van der Waals surface area contributed by atoms with Gasteiger partial charge in [-0.05, 0) is 62.6 Å². The molecule has 0 aromatic heterocycles. The molecule has 1 fully saturated rings. The first-order valence-corrected chi connectivity index (χ1v) is 8.94. The minimum Gasteiger partial charge on any atom is -0.316 e. The summed E-state index contributed by atoms with van der Waals surface area (Å²) in [6.07, 6.45) is 4.20. The fraction of sp³-hybridized carbons (Fsp3) is 0.667. The van der Waals surface area contributed by atoms with Crippen LogP contribution in [-0.4, -0.2) is 18.8 Å². The van der Waals surface area contributed by atoms with Crippen molar-refractivity contribution in [1.29, 1.82) is 0 Å². The van der Waals surface area contributed by atoms with E-state index in [4.69, 9.17) is 0 Å². The number of rotatable bonds is 5. The van der Waals surface area contributed by atoms with Crippen molar-refractivity contribution < 1.29 is 0 Å². The van der Waals surface area contributed by atoms with E-state index in [9.17, 15) is 0 Å². The number of hydrogen-bond donors (Lipinski definition) is 1. The molecule has 2 rings (SSSR count). The number of aryl methyl sites for hydroxylation is 1. The van der Waals surface area contributed by atoms with Crippen LogP contribution in [0.4, 0.5) is 0 Å². The van der Waals surface area contributed by atoms with Crippen LogP contribution in [0.5, 0.6) is 0 Å². The number of hydrogen-bond acceptors (Lipinski definition) is 2. The lowest BCUT2D eigenvalue weighted by molar-refractivity contribution is 0.188.